The Hall–Kier alpha value is -7.62. The van der Waals surface area contributed by atoms with Crippen LogP contribution in [-0.4, -0.2) is 9.97 Å². The van der Waals surface area contributed by atoms with Crippen LogP contribution in [0.3, 0.4) is 0 Å². The SMILES string of the molecule is c1ccc(-c2ccc(-c3cc(-c4cccc(-c5cccc6c5-c5ccccc5C65c6ccccc6-c6c5oc5ccccc65)c4)nc(-c4ccccc4)n3)cc2)cc1. The summed E-state index contributed by atoms with van der Waals surface area (Å²) in [4.78, 5) is 10.3. The molecule has 0 aliphatic heterocycles. The van der Waals surface area contributed by atoms with Crippen LogP contribution in [0.5, 0.6) is 0 Å². The number of furan rings is 1. The maximum absolute atomic E-state index is 6.98. The molecule has 1 spiro atoms. The maximum Gasteiger partial charge on any atom is 0.160 e. The summed E-state index contributed by atoms with van der Waals surface area (Å²) in [6, 6.07) is 73.4. The quantitative estimate of drug-likeness (QED) is 0.176. The fraction of sp³-hybridized carbons (Fsp3) is 0.0182. The molecule has 0 saturated heterocycles. The van der Waals surface area contributed by atoms with Crippen molar-refractivity contribution in [2.75, 3.05) is 0 Å². The van der Waals surface area contributed by atoms with Gasteiger partial charge >= 0.3 is 0 Å². The second-order valence-corrected chi connectivity index (χ2v) is 15.2. The van der Waals surface area contributed by atoms with Gasteiger partial charge in [0.25, 0.3) is 0 Å². The van der Waals surface area contributed by atoms with E-state index in [1.807, 2.05) is 24.3 Å². The average Bonchev–Trinajstić information content (AvgIpc) is 3.93. The standard InChI is InChI=1S/C55H34N2O/c1-3-15-35(16-4-1)36-29-31-37(32-30-36)48-34-49(57-54(56-48)38-17-5-2-6-18-38)40-20-13-19-39(33-40)41-24-14-27-47-51(41)42-21-7-10-25-45(42)55(47)46-26-11-8-22-43(46)52-44-23-9-12-28-50(44)58-53(52)55/h1-34H. The maximum atomic E-state index is 6.98. The average molecular weight is 739 g/mol. The Morgan fingerprint density at radius 1 is 0.345 bits per heavy atom. The molecule has 58 heavy (non-hydrogen) atoms. The van der Waals surface area contributed by atoms with E-state index >= 15 is 0 Å². The lowest BCUT2D eigenvalue weighted by Gasteiger charge is -2.28. The van der Waals surface area contributed by atoms with Crippen LogP contribution < -0.4 is 0 Å². The number of hydrogen-bond donors (Lipinski definition) is 0. The Morgan fingerprint density at radius 3 is 1.62 bits per heavy atom. The molecular formula is C55H34N2O. The van der Waals surface area contributed by atoms with E-state index in [0.29, 0.717) is 5.82 Å². The van der Waals surface area contributed by atoms with Crippen molar-refractivity contribution in [1.29, 1.82) is 0 Å². The van der Waals surface area contributed by atoms with E-state index in [1.165, 1.54) is 55.6 Å². The van der Waals surface area contributed by atoms with E-state index in [9.17, 15) is 0 Å². The molecule has 2 aliphatic carbocycles. The van der Waals surface area contributed by atoms with E-state index in [0.717, 1.165) is 50.4 Å². The number of para-hydroxylation sites is 1. The molecule has 0 N–H and O–H groups in total. The van der Waals surface area contributed by atoms with Gasteiger partial charge in [-0.1, -0.05) is 188 Å². The van der Waals surface area contributed by atoms with Crippen LogP contribution in [0.25, 0.3) is 89.4 Å². The molecule has 8 aromatic carbocycles. The molecular weight excluding hydrogens is 705 g/mol. The zero-order valence-electron chi connectivity index (χ0n) is 31.4. The monoisotopic (exact) mass is 738 g/mol. The van der Waals surface area contributed by atoms with Crippen molar-refractivity contribution in [3.05, 3.63) is 229 Å². The smallest absolute Gasteiger partial charge is 0.160 e. The van der Waals surface area contributed by atoms with Gasteiger partial charge in [-0.05, 0) is 73.8 Å². The van der Waals surface area contributed by atoms with Gasteiger partial charge in [0, 0.05) is 27.6 Å². The Labute approximate surface area is 336 Å². The summed E-state index contributed by atoms with van der Waals surface area (Å²) in [7, 11) is 0. The summed E-state index contributed by atoms with van der Waals surface area (Å²) >= 11 is 0. The van der Waals surface area contributed by atoms with Gasteiger partial charge in [-0.3, -0.25) is 0 Å². The Kier molecular flexibility index (Phi) is 7.14. The van der Waals surface area contributed by atoms with Crippen molar-refractivity contribution >= 4 is 11.0 Å². The number of hydrogen-bond acceptors (Lipinski definition) is 3. The highest BCUT2D eigenvalue weighted by Crippen LogP contribution is 2.65. The summed E-state index contributed by atoms with van der Waals surface area (Å²) in [6.45, 7) is 0. The zero-order chi connectivity index (χ0) is 38.2. The minimum absolute atomic E-state index is 0.577. The highest BCUT2D eigenvalue weighted by Gasteiger charge is 2.55. The van der Waals surface area contributed by atoms with E-state index in [2.05, 4.69) is 182 Å². The van der Waals surface area contributed by atoms with Crippen LogP contribution in [0.4, 0.5) is 0 Å². The normalized spacial score (nSPS) is 14.6. The molecule has 2 heterocycles. The largest absolute Gasteiger partial charge is 0.459 e. The third-order valence-corrected chi connectivity index (χ3v) is 12.1. The Morgan fingerprint density at radius 2 is 0.862 bits per heavy atom. The molecule has 2 aliphatic rings. The predicted molar refractivity (Wildman–Crippen MR) is 235 cm³/mol. The molecule has 0 radical (unpaired) electrons. The number of nitrogens with zero attached hydrogens (tertiary/aromatic N) is 2. The van der Waals surface area contributed by atoms with Crippen LogP contribution in [-0.2, 0) is 5.41 Å². The lowest BCUT2D eigenvalue weighted by molar-refractivity contribution is 0.507. The molecule has 1 unspecified atom stereocenters. The second-order valence-electron chi connectivity index (χ2n) is 15.2. The van der Waals surface area contributed by atoms with Crippen molar-refractivity contribution in [3.63, 3.8) is 0 Å². The van der Waals surface area contributed by atoms with Crippen molar-refractivity contribution in [2.24, 2.45) is 0 Å². The first kappa shape index (κ1) is 32.6. The van der Waals surface area contributed by atoms with Gasteiger partial charge in [0.05, 0.1) is 11.4 Å². The lowest BCUT2D eigenvalue weighted by Crippen LogP contribution is -2.25. The lowest BCUT2D eigenvalue weighted by atomic mass is 9.73. The summed E-state index contributed by atoms with van der Waals surface area (Å²) in [5, 5.41) is 1.16. The third-order valence-electron chi connectivity index (χ3n) is 12.1. The summed E-state index contributed by atoms with van der Waals surface area (Å²) in [5.41, 5.74) is 18.5. The van der Waals surface area contributed by atoms with Gasteiger partial charge in [-0.15, -0.1) is 0 Å². The molecule has 12 rings (SSSR count). The Balaban J connectivity index is 1.03. The second kappa shape index (κ2) is 12.7. The molecule has 3 nitrogen and oxygen atoms in total. The van der Waals surface area contributed by atoms with Gasteiger partial charge in [0.1, 0.15) is 16.8 Å². The van der Waals surface area contributed by atoms with Gasteiger partial charge in [0.2, 0.25) is 0 Å². The van der Waals surface area contributed by atoms with E-state index in [-0.39, 0.29) is 0 Å². The molecule has 0 fully saturated rings. The first-order valence-electron chi connectivity index (χ1n) is 19.8. The van der Waals surface area contributed by atoms with Gasteiger partial charge in [-0.25, -0.2) is 9.97 Å². The molecule has 0 saturated carbocycles. The van der Waals surface area contributed by atoms with Gasteiger partial charge in [-0.2, -0.15) is 0 Å². The van der Waals surface area contributed by atoms with Gasteiger partial charge < -0.3 is 4.42 Å². The van der Waals surface area contributed by atoms with Crippen LogP contribution in [0, 0.1) is 0 Å². The van der Waals surface area contributed by atoms with Crippen molar-refractivity contribution in [2.45, 2.75) is 5.41 Å². The molecule has 10 aromatic rings. The van der Waals surface area contributed by atoms with E-state index in [4.69, 9.17) is 14.4 Å². The fourth-order valence-electron chi connectivity index (χ4n) is 9.60. The number of rotatable bonds is 5. The number of fused-ring (bicyclic) bond motifs is 12. The van der Waals surface area contributed by atoms with Crippen LogP contribution >= 0.6 is 0 Å². The van der Waals surface area contributed by atoms with Crippen molar-refractivity contribution < 1.29 is 4.42 Å². The van der Waals surface area contributed by atoms with Crippen LogP contribution in [0.15, 0.2) is 211 Å². The molecule has 0 bridgehead atoms. The van der Waals surface area contributed by atoms with E-state index < -0.39 is 5.41 Å². The minimum Gasteiger partial charge on any atom is -0.459 e. The highest BCUT2D eigenvalue weighted by atomic mass is 16.3. The van der Waals surface area contributed by atoms with Gasteiger partial charge in [0.15, 0.2) is 5.82 Å². The zero-order valence-corrected chi connectivity index (χ0v) is 31.4. The molecule has 0 amide bonds. The molecule has 270 valence electrons. The van der Waals surface area contributed by atoms with Crippen LogP contribution in [0.1, 0.15) is 22.5 Å². The first-order valence-corrected chi connectivity index (χ1v) is 19.8. The summed E-state index contributed by atoms with van der Waals surface area (Å²) < 4.78 is 6.98. The third kappa shape index (κ3) is 4.74. The van der Waals surface area contributed by atoms with Crippen molar-refractivity contribution in [1.82, 2.24) is 9.97 Å². The fourth-order valence-corrected chi connectivity index (χ4v) is 9.60. The summed E-state index contributed by atoms with van der Waals surface area (Å²) in [5.74, 6) is 1.70. The summed E-state index contributed by atoms with van der Waals surface area (Å²) in [6.07, 6.45) is 0. The molecule has 1 atom stereocenters. The molecule has 2 aromatic heterocycles. The number of benzene rings is 8. The first-order chi connectivity index (χ1) is 28.8. The minimum atomic E-state index is -0.577. The number of aromatic nitrogens is 2. The van der Waals surface area contributed by atoms with E-state index in [1.54, 1.807) is 0 Å². The highest BCUT2D eigenvalue weighted by molar-refractivity contribution is 6.06. The van der Waals surface area contributed by atoms with Crippen LogP contribution in [0.2, 0.25) is 0 Å². The molecule has 3 heteroatoms. The van der Waals surface area contributed by atoms with Crippen molar-refractivity contribution in [3.8, 4) is 78.4 Å². The topological polar surface area (TPSA) is 38.9 Å². The predicted octanol–water partition coefficient (Wildman–Crippen LogP) is 13.9. The Bertz CT molecular complexity index is 3220.